The van der Waals surface area contributed by atoms with Gasteiger partial charge in [0.15, 0.2) is 5.52 Å². The maximum absolute atomic E-state index is 4.21. The van der Waals surface area contributed by atoms with Gasteiger partial charge in [0.05, 0.1) is 37.7 Å². The summed E-state index contributed by atoms with van der Waals surface area (Å²) in [6.45, 7) is 0.942. The zero-order valence-electron chi connectivity index (χ0n) is 11.1. The summed E-state index contributed by atoms with van der Waals surface area (Å²) in [6.07, 6.45) is 5.79. The van der Waals surface area contributed by atoms with Crippen molar-refractivity contribution in [2.45, 2.75) is 6.54 Å². The molecule has 4 heterocycles. The normalized spacial score (nSPS) is 13.1. The Morgan fingerprint density at radius 3 is 3.10 bits per heavy atom. The zero-order valence-corrected chi connectivity index (χ0v) is 11.1. The molecule has 4 nitrogen and oxygen atoms in total. The van der Waals surface area contributed by atoms with E-state index in [0.717, 1.165) is 12.1 Å². The minimum absolute atomic E-state index is 0.942. The second-order valence-electron chi connectivity index (χ2n) is 5.35. The van der Waals surface area contributed by atoms with Crippen LogP contribution in [-0.2, 0) is 13.6 Å². The van der Waals surface area contributed by atoms with Gasteiger partial charge < -0.3 is 0 Å². The highest BCUT2D eigenvalue weighted by Crippen LogP contribution is 2.31. The average Bonchev–Trinajstić information content (AvgIpc) is 3.10. The number of aromatic nitrogens is 4. The monoisotopic (exact) mass is 261 g/mol. The van der Waals surface area contributed by atoms with Gasteiger partial charge in [-0.3, -0.25) is 9.55 Å². The average molecular weight is 261 g/mol. The Balaban J connectivity index is 1.99. The van der Waals surface area contributed by atoms with Crippen LogP contribution < -0.4 is 4.57 Å². The van der Waals surface area contributed by atoms with Crippen molar-refractivity contribution in [3.05, 3.63) is 54.5 Å². The van der Waals surface area contributed by atoms with Crippen molar-refractivity contribution in [3.8, 4) is 11.4 Å². The topological polar surface area (TPSA) is 26.1 Å². The molecule has 4 aromatic rings. The lowest BCUT2D eigenvalue weighted by atomic mass is 10.1. The van der Waals surface area contributed by atoms with E-state index in [1.807, 2.05) is 18.6 Å². The molecule has 0 aliphatic carbocycles. The van der Waals surface area contributed by atoms with Crippen LogP contribution in [0.25, 0.3) is 28.1 Å². The minimum atomic E-state index is 0.942. The first-order chi connectivity index (χ1) is 9.84. The predicted octanol–water partition coefficient (Wildman–Crippen LogP) is 2.14. The number of hydrogen-bond donors (Lipinski definition) is 0. The molecule has 0 saturated heterocycles. The molecule has 0 amide bonds. The van der Waals surface area contributed by atoms with Crippen molar-refractivity contribution in [2.75, 3.05) is 0 Å². The molecule has 1 aliphatic rings. The van der Waals surface area contributed by atoms with E-state index >= 15 is 0 Å². The van der Waals surface area contributed by atoms with Gasteiger partial charge in [0.2, 0.25) is 5.82 Å². The van der Waals surface area contributed by atoms with E-state index < -0.39 is 0 Å². The van der Waals surface area contributed by atoms with Crippen molar-refractivity contribution < 1.29 is 4.57 Å². The van der Waals surface area contributed by atoms with Crippen LogP contribution in [0.3, 0.4) is 0 Å². The van der Waals surface area contributed by atoms with E-state index in [9.17, 15) is 0 Å². The van der Waals surface area contributed by atoms with Gasteiger partial charge in [0.1, 0.15) is 5.52 Å². The Morgan fingerprint density at radius 2 is 2.15 bits per heavy atom. The molecule has 0 saturated carbocycles. The van der Waals surface area contributed by atoms with E-state index in [0.29, 0.717) is 0 Å². The van der Waals surface area contributed by atoms with Crippen LogP contribution in [0.2, 0.25) is 0 Å². The van der Waals surface area contributed by atoms with Crippen LogP contribution >= 0.6 is 0 Å². The summed E-state index contributed by atoms with van der Waals surface area (Å²) in [7, 11) is 2.14. The summed E-state index contributed by atoms with van der Waals surface area (Å²) in [4.78, 5) is 4.21. The van der Waals surface area contributed by atoms with Crippen molar-refractivity contribution in [3.63, 3.8) is 0 Å². The molecule has 0 N–H and O–H groups in total. The summed E-state index contributed by atoms with van der Waals surface area (Å²) in [5.74, 6) is 1.29. The molecule has 0 fully saturated rings. The number of rotatable bonds is 0. The molecule has 0 spiro atoms. The van der Waals surface area contributed by atoms with Gasteiger partial charge in [-0.15, -0.1) is 0 Å². The van der Waals surface area contributed by atoms with Crippen LogP contribution in [0.4, 0.5) is 0 Å². The number of imidazole rings is 1. The Bertz CT molecular complexity index is 990. The van der Waals surface area contributed by atoms with E-state index in [-0.39, 0.29) is 0 Å². The van der Waals surface area contributed by atoms with Gasteiger partial charge >= 0.3 is 0 Å². The van der Waals surface area contributed by atoms with Crippen LogP contribution in [0.5, 0.6) is 0 Å². The largest absolute Gasteiger partial charge is 0.273 e. The van der Waals surface area contributed by atoms with Crippen LogP contribution in [0.1, 0.15) is 5.56 Å². The van der Waals surface area contributed by atoms with Crippen LogP contribution in [0, 0.1) is 0 Å². The predicted molar refractivity (Wildman–Crippen MR) is 76.4 cm³/mol. The minimum Gasteiger partial charge on any atom is -0.258 e. The van der Waals surface area contributed by atoms with Crippen molar-refractivity contribution >= 4 is 16.7 Å². The highest BCUT2D eigenvalue weighted by atomic mass is 15.2. The summed E-state index contributed by atoms with van der Waals surface area (Å²) in [5, 5.41) is 0. The second-order valence-corrected chi connectivity index (χ2v) is 5.35. The quantitative estimate of drug-likeness (QED) is 0.392. The van der Waals surface area contributed by atoms with E-state index in [2.05, 4.69) is 55.9 Å². The number of benzene rings is 1. The summed E-state index contributed by atoms with van der Waals surface area (Å²) >= 11 is 0. The smallest absolute Gasteiger partial charge is 0.258 e. The van der Waals surface area contributed by atoms with Gasteiger partial charge in [-0.25, -0.2) is 8.97 Å². The summed E-state index contributed by atoms with van der Waals surface area (Å²) in [5.41, 5.74) is 6.37. The third-order valence-electron chi connectivity index (χ3n) is 4.31. The lowest BCUT2D eigenvalue weighted by molar-refractivity contribution is -0.648. The number of nitrogens with zero attached hydrogens (tertiary/aromatic N) is 4. The maximum atomic E-state index is 4.21. The zero-order chi connectivity index (χ0) is 13.3. The molecular weight excluding hydrogens is 248 g/mol. The SMILES string of the molecule is Cn1c2[n+](c3c1cc1cnccn13)Cc1ccccc1-2. The highest BCUT2D eigenvalue weighted by Gasteiger charge is 2.32. The van der Waals surface area contributed by atoms with Crippen molar-refractivity contribution in [1.29, 1.82) is 0 Å². The molecule has 20 heavy (non-hydrogen) atoms. The summed E-state index contributed by atoms with van der Waals surface area (Å²) in [6, 6.07) is 10.9. The lowest BCUT2D eigenvalue weighted by Crippen LogP contribution is -2.32. The van der Waals surface area contributed by atoms with Crippen LogP contribution in [0.15, 0.2) is 48.9 Å². The molecule has 5 rings (SSSR count). The fourth-order valence-electron chi connectivity index (χ4n) is 3.43. The van der Waals surface area contributed by atoms with Gasteiger partial charge in [-0.1, -0.05) is 18.2 Å². The first kappa shape index (κ1) is 10.2. The van der Waals surface area contributed by atoms with Crippen molar-refractivity contribution in [2.24, 2.45) is 7.05 Å². The molecule has 0 radical (unpaired) electrons. The maximum Gasteiger partial charge on any atom is 0.273 e. The molecule has 0 unspecified atom stereocenters. The Morgan fingerprint density at radius 1 is 1.25 bits per heavy atom. The molecule has 3 aromatic heterocycles. The fraction of sp³-hybridized carbons (Fsp3) is 0.125. The van der Waals surface area contributed by atoms with E-state index in [1.165, 1.54) is 28.1 Å². The molecule has 96 valence electrons. The highest BCUT2D eigenvalue weighted by molar-refractivity contribution is 5.82. The first-order valence-electron chi connectivity index (χ1n) is 6.76. The van der Waals surface area contributed by atoms with Crippen LogP contribution in [-0.4, -0.2) is 14.0 Å². The third kappa shape index (κ3) is 1.04. The molecule has 1 aromatic carbocycles. The lowest BCUT2D eigenvalue weighted by Gasteiger charge is -1.96. The Labute approximate surface area is 115 Å². The van der Waals surface area contributed by atoms with Gasteiger partial charge in [0.25, 0.3) is 5.65 Å². The standard InChI is InChI=1S/C16H13N4/c1-18-14-8-12-9-17-6-7-19(12)16(14)20-10-11-4-2-3-5-13(11)15(18)20/h2-9H,10H2,1H3/q+1. The Kier molecular flexibility index (Phi) is 1.67. The molecule has 0 bridgehead atoms. The third-order valence-corrected chi connectivity index (χ3v) is 4.31. The van der Waals surface area contributed by atoms with Gasteiger partial charge in [0, 0.05) is 11.6 Å². The Hall–Kier alpha value is -2.62. The molecule has 1 aliphatic heterocycles. The van der Waals surface area contributed by atoms with E-state index in [1.54, 1.807) is 0 Å². The van der Waals surface area contributed by atoms with E-state index in [4.69, 9.17) is 0 Å². The first-order valence-corrected chi connectivity index (χ1v) is 6.76. The number of fused-ring (bicyclic) bond motifs is 7. The second kappa shape index (κ2) is 3.28. The fourth-order valence-corrected chi connectivity index (χ4v) is 3.43. The molecular formula is C16H13N4+. The summed E-state index contributed by atoms with van der Waals surface area (Å²) < 4.78 is 6.90. The molecule has 0 atom stereocenters. The van der Waals surface area contributed by atoms with Crippen molar-refractivity contribution in [1.82, 2.24) is 14.0 Å². The number of hydrogen-bond acceptors (Lipinski definition) is 1. The van der Waals surface area contributed by atoms with Gasteiger partial charge in [-0.2, -0.15) is 0 Å². The number of aryl methyl sites for hydroxylation is 1. The molecule has 4 heteroatoms. The van der Waals surface area contributed by atoms with Gasteiger partial charge in [-0.05, 0) is 6.07 Å².